The normalized spacial score (nSPS) is 22.8. The topological polar surface area (TPSA) is 80.3 Å². The number of halogens is 4. The average Bonchev–Trinajstić information content (AvgIpc) is 2.72. The summed E-state index contributed by atoms with van der Waals surface area (Å²) in [6.07, 6.45) is 3.36. The number of carbonyl (C=O) groups is 2. The summed E-state index contributed by atoms with van der Waals surface area (Å²) >= 11 is 6.16. The third-order valence-corrected chi connectivity index (χ3v) is 8.80. The molecule has 2 aromatic carbocycles. The molecule has 0 heterocycles. The standard InChI is InChI=1S/C23H21ClF3NO4S/c24-18-5-4-14(23(30)28-15-9-19(25)22(27)20(26)10-15)8-21(18)33(31,32)11-17-12-2-1-3-13(17)7-16(29)6-12/h4-5,8-10,12-13,17H,1-3,6-7,11H2,(H,28,30)/t12-,13?,17-/m0/s1. The molecule has 3 atom stereocenters. The van der Waals surface area contributed by atoms with Gasteiger partial charge >= 0.3 is 0 Å². The fraction of sp³-hybridized carbons (Fsp3) is 0.391. The van der Waals surface area contributed by atoms with Gasteiger partial charge in [-0.15, -0.1) is 0 Å². The fourth-order valence-electron chi connectivity index (χ4n) is 4.96. The Morgan fingerprint density at radius 1 is 1.03 bits per heavy atom. The number of hydrogen-bond acceptors (Lipinski definition) is 4. The number of benzene rings is 2. The number of anilines is 1. The van der Waals surface area contributed by atoms with E-state index in [-0.39, 0.29) is 50.5 Å². The first kappa shape index (κ1) is 23.8. The van der Waals surface area contributed by atoms with Crippen LogP contribution in [0.15, 0.2) is 35.2 Å². The van der Waals surface area contributed by atoms with Crippen molar-refractivity contribution in [1.29, 1.82) is 0 Å². The number of amides is 1. The number of sulfone groups is 1. The number of carbonyl (C=O) groups excluding carboxylic acids is 2. The lowest BCUT2D eigenvalue weighted by molar-refractivity contribution is -0.125. The molecular formula is C23H21ClF3NO4S. The molecule has 2 saturated carbocycles. The molecule has 2 aliphatic carbocycles. The lowest BCUT2D eigenvalue weighted by Gasteiger charge is -2.41. The quantitative estimate of drug-likeness (QED) is 0.575. The monoisotopic (exact) mass is 499 g/mol. The molecule has 0 aromatic heterocycles. The predicted molar refractivity (Wildman–Crippen MR) is 116 cm³/mol. The highest BCUT2D eigenvalue weighted by molar-refractivity contribution is 7.91. The van der Waals surface area contributed by atoms with E-state index >= 15 is 0 Å². The Balaban J connectivity index is 1.57. The van der Waals surface area contributed by atoms with Crippen LogP contribution in [-0.2, 0) is 14.6 Å². The molecule has 5 nitrogen and oxygen atoms in total. The van der Waals surface area contributed by atoms with Crippen LogP contribution in [0.4, 0.5) is 18.9 Å². The van der Waals surface area contributed by atoms with E-state index in [0.29, 0.717) is 25.0 Å². The van der Waals surface area contributed by atoms with Crippen LogP contribution in [0.3, 0.4) is 0 Å². The number of hydrogen-bond donors (Lipinski definition) is 1. The Bertz CT molecular complexity index is 1200. The average molecular weight is 500 g/mol. The van der Waals surface area contributed by atoms with Crippen molar-refractivity contribution in [2.24, 2.45) is 17.8 Å². The number of ketones is 1. The van der Waals surface area contributed by atoms with E-state index in [1.54, 1.807) is 0 Å². The van der Waals surface area contributed by atoms with Gasteiger partial charge in [0.1, 0.15) is 5.78 Å². The zero-order valence-corrected chi connectivity index (χ0v) is 19.0. The first-order valence-electron chi connectivity index (χ1n) is 10.5. The van der Waals surface area contributed by atoms with Crippen molar-refractivity contribution in [2.75, 3.05) is 11.1 Å². The van der Waals surface area contributed by atoms with Gasteiger partial charge in [-0.2, -0.15) is 0 Å². The van der Waals surface area contributed by atoms with Crippen LogP contribution >= 0.6 is 11.6 Å². The SMILES string of the molecule is O=C1CC2CCC[C@@H](C1)[C@@H]2CS(=O)(=O)c1cc(C(=O)Nc2cc(F)c(F)c(F)c2)ccc1Cl. The van der Waals surface area contributed by atoms with Gasteiger partial charge in [-0.05, 0) is 48.8 Å². The van der Waals surface area contributed by atoms with Crippen LogP contribution < -0.4 is 5.32 Å². The van der Waals surface area contributed by atoms with Gasteiger partial charge in [0.2, 0.25) is 0 Å². The van der Waals surface area contributed by atoms with Gasteiger partial charge < -0.3 is 5.32 Å². The summed E-state index contributed by atoms with van der Waals surface area (Å²) in [7, 11) is -3.89. The van der Waals surface area contributed by atoms with Gasteiger partial charge in [0.05, 0.1) is 15.7 Å². The maximum Gasteiger partial charge on any atom is 0.255 e. The molecule has 1 unspecified atom stereocenters. The van der Waals surface area contributed by atoms with E-state index in [0.717, 1.165) is 25.3 Å². The van der Waals surface area contributed by atoms with Crippen LogP contribution in [0, 0.1) is 35.2 Å². The van der Waals surface area contributed by atoms with Crippen molar-refractivity contribution in [3.05, 3.63) is 58.4 Å². The van der Waals surface area contributed by atoms with Gasteiger partial charge in [-0.3, -0.25) is 9.59 Å². The highest BCUT2D eigenvalue weighted by Crippen LogP contribution is 2.44. The molecule has 10 heteroatoms. The molecule has 4 rings (SSSR count). The highest BCUT2D eigenvalue weighted by Gasteiger charge is 2.42. The first-order chi connectivity index (χ1) is 15.5. The molecule has 1 amide bonds. The third kappa shape index (κ3) is 4.94. The molecule has 0 aliphatic heterocycles. The van der Waals surface area contributed by atoms with Gasteiger partial charge in [0, 0.05) is 36.2 Å². The minimum atomic E-state index is -3.89. The van der Waals surface area contributed by atoms with E-state index in [1.165, 1.54) is 12.1 Å². The molecule has 0 radical (unpaired) electrons. The molecule has 0 spiro atoms. The lowest BCUT2D eigenvalue weighted by Crippen LogP contribution is -2.40. The van der Waals surface area contributed by atoms with Gasteiger partial charge in [0.15, 0.2) is 27.3 Å². The largest absolute Gasteiger partial charge is 0.322 e. The second-order valence-electron chi connectivity index (χ2n) is 8.70. The van der Waals surface area contributed by atoms with E-state index in [1.807, 2.05) is 0 Å². The van der Waals surface area contributed by atoms with Gasteiger partial charge in [0.25, 0.3) is 5.91 Å². The van der Waals surface area contributed by atoms with Crippen molar-refractivity contribution < 1.29 is 31.2 Å². The summed E-state index contributed by atoms with van der Waals surface area (Å²) in [5.41, 5.74) is -0.419. The molecule has 1 N–H and O–H groups in total. The van der Waals surface area contributed by atoms with Gasteiger partial charge in [-0.1, -0.05) is 18.0 Å². The number of fused-ring (bicyclic) bond motifs is 2. The minimum absolute atomic E-state index is 0.0216. The van der Waals surface area contributed by atoms with Crippen LogP contribution in [0.2, 0.25) is 5.02 Å². The Kier molecular flexibility index (Phi) is 6.55. The molecule has 176 valence electrons. The summed E-state index contributed by atoms with van der Waals surface area (Å²) < 4.78 is 66.5. The second kappa shape index (κ2) is 9.10. The van der Waals surface area contributed by atoms with E-state index in [2.05, 4.69) is 5.32 Å². The minimum Gasteiger partial charge on any atom is -0.322 e. The molecule has 2 bridgehead atoms. The third-order valence-electron chi connectivity index (χ3n) is 6.52. The first-order valence-corrected chi connectivity index (χ1v) is 12.6. The van der Waals surface area contributed by atoms with Crippen molar-refractivity contribution in [1.82, 2.24) is 0 Å². The molecule has 2 fully saturated rings. The Labute approximate surface area is 194 Å². The van der Waals surface area contributed by atoms with Crippen molar-refractivity contribution in [3.63, 3.8) is 0 Å². The summed E-state index contributed by atoms with van der Waals surface area (Å²) in [5, 5.41) is 2.17. The fourth-order valence-corrected chi connectivity index (χ4v) is 7.33. The Hall–Kier alpha value is -2.39. The zero-order valence-electron chi connectivity index (χ0n) is 17.4. The van der Waals surface area contributed by atoms with Crippen LogP contribution in [0.25, 0.3) is 0 Å². The van der Waals surface area contributed by atoms with Gasteiger partial charge in [-0.25, -0.2) is 21.6 Å². The summed E-state index contributed by atoms with van der Waals surface area (Å²) in [5.74, 6) is -5.56. The number of Topliss-reactive ketones (excluding diaryl/α,β-unsaturated/α-hetero) is 1. The summed E-state index contributed by atoms with van der Waals surface area (Å²) in [6.45, 7) is 0. The molecular weight excluding hydrogens is 479 g/mol. The van der Waals surface area contributed by atoms with Crippen molar-refractivity contribution >= 4 is 38.8 Å². The van der Waals surface area contributed by atoms with Crippen LogP contribution in [0.5, 0.6) is 0 Å². The Morgan fingerprint density at radius 3 is 2.24 bits per heavy atom. The lowest BCUT2D eigenvalue weighted by atomic mass is 9.65. The molecule has 2 aromatic rings. The second-order valence-corrected chi connectivity index (χ2v) is 11.1. The van der Waals surface area contributed by atoms with Crippen molar-refractivity contribution in [2.45, 2.75) is 37.0 Å². The number of rotatable bonds is 5. The van der Waals surface area contributed by atoms with E-state index in [9.17, 15) is 31.2 Å². The Morgan fingerprint density at radius 2 is 1.64 bits per heavy atom. The number of nitrogens with one attached hydrogen (secondary N) is 1. The zero-order chi connectivity index (χ0) is 23.9. The maximum absolute atomic E-state index is 13.4. The highest BCUT2D eigenvalue weighted by atomic mass is 35.5. The van der Waals surface area contributed by atoms with E-state index in [4.69, 9.17) is 11.6 Å². The molecule has 33 heavy (non-hydrogen) atoms. The summed E-state index contributed by atoms with van der Waals surface area (Å²) in [6, 6.07) is 4.90. The van der Waals surface area contributed by atoms with Crippen LogP contribution in [-0.4, -0.2) is 25.9 Å². The molecule has 2 aliphatic rings. The van der Waals surface area contributed by atoms with E-state index < -0.39 is 33.2 Å². The van der Waals surface area contributed by atoms with Crippen molar-refractivity contribution in [3.8, 4) is 0 Å². The maximum atomic E-state index is 13.4. The van der Waals surface area contributed by atoms with Crippen LogP contribution in [0.1, 0.15) is 42.5 Å². The summed E-state index contributed by atoms with van der Waals surface area (Å²) in [4.78, 5) is 24.3. The molecule has 0 saturated heterocycles. The predicted octanol–water partition coefficient (Wildman–Crippen LogP) is 5.18. The smallest absolute Gasteiger partial charge is 0.255 e.